The molecule has 1 aromatic heterocycles. The molecule has 2 aliphatic rings. The van der Waals surface area contributed by atoms with Crippen molar-refractivity contribution >= 4 is 5.82 Å². The number of anilines is 1. The van der Waals surface area contributed by atoms with Gasteiger partial charge in [-0.3, -0.25) is 0 Å². The number of ether oxygens (including phenoxy) is 1. The number of hydrogen-bond acceptors (Lipinski definition) is 5. The first-order valence-electron chi connectivity index (χ1n) is 9.93. The first kappa shape index (κ1) is 17.2. The van der Waals surface area contributed by atoms with Gasteiger partial charge in [0.2, 0.25) is 0 Å². The van der Waals surface area contributed by atoms with Crippen LogP contribution in [0.25, 0.3) is 11.1 Å². The minimum atomic E-state index is 0.541. The Labute approximate surface area is 165 Å². The van der Waals surface area contributed by atoms with E-state index in [-0.39, 0.29) is 0 Å². The number of fused-ring (bicyclic) bond motifs is 1. The number of aryl methyl sites for hydroxylation is 1. The van der Waals surface area contributed by atoms with Crippen LogP contribution < -0.4 is 15.8 Å². The number of nitrogen functional groups attached to an aromatic ring is 1. The lowest BCUT2D eigenvalue weighted by Gasteiger charge is -2.12. The Balaban J connectivity index is 1.33. The van der Waals surface area contributed by atoms with E-state index in [4.69, 9.17) is 10.5 Å². The van der Waals surface area contributed by atoms with E-state index in [0.29, 0.717) is 5.82 Å². The van der Waals surface area contributed by atoms with E-state index in [1.165, 1.54) is 19.5 Å². The summed E-state index contributed by atoms with van der Waals surface area (Å²) in [5.41, 5.74) is 9.27. The van der Waals surface area contributed by atoms with Crippen LogP contribution >= 0.6 is 0 Å². The minimum Gasteiger partial charge on any atom is -0.457 e. The van der Waals surface area contributed by atoms with Gasteiger partial charge >= 0.3 is 0 Å². The summed E-state index contributed by atoms with van der Waals surface area (Å²) < 4.78 is 5.89. The summed E-state index contributed by atoms with van der Waals surface area (Å²) in [5.74, 6) is 4.74. The average molecular weight is 372 g/mol. The van der Waals surface area contributed by atoms with Crippen LogP contribution in [0.15, 0.2) is 60.9 Å². The molecule has 1 saturated heterocycles. The molecular weight excluding hydrogens is 348 g/mol. The molecule has 0 spiro atoms. The van der Waals surface area contributed by atoms with Crippen LogP contribution in [0, 0.1) is 17.8 Å². The normalized spacial score (nSPS) is 22.6. The van der Waals surface area contributed by atoms with E-state index in [9.17, 15) is 0 Å². The molecule has 28 heavy (non-hydrogen) atoms. The smallest absolute Gasteiger partial charge is 0.134 e. The Morgan fingerprint density at radius 2 is 1.64 bits per heavy atom. The molecule has 2 heterocycles. The average Bonchev–Trinajstić information content (AvgIpc) is 3.15. The van der Waals surface area contributed by atoms with Crippen molar-refractivity contribution in [2.75, 3.05) is 18.8 Å². The maximum atomic E-state index is 6.24. The van der Waals surface area contributed by atoms with Crippen LogP contribution in [0.4, 0.5) is 5.82 Å². The van der Waals surface area contributed by atoms with Crippen LogP contribution in [0.3, 0.4) is 0 Å². The number of benzene rings is 2. The predicted octanol–water partition coefficient (Wildman–Crippen LogP) is 3.92. The third kappa shape index (κ3) is 3.34. The van der Waals surface area contributed by atoms with Crippen LogP contribution in [0.5, 0.6) is 11.5 Å². The number of aromatic nitrogens is 2. The monoisotopic (exact) mass is 372 g/mol. The van der Waals surface area contributed by atoms with Crippen molar-refractivity contribution in [1.82, 2.24) is 15.3 Å². The fourth-order valence-corrected chi connectivity index (χ4v) is 4.53. The topological polar surface area (TPSA) is 73.1 Å². The Bertz CT molecular complexity index is 948. The molecule has 0 radical (unpaired) electrons. The van der Waals surface area contributed by atoms with Crippen molar-refractivity contribution in [3.8, 4) is 22.6 Å². The van der Waals surface area contributed by atoms with Crippen molar-refractivity contribution < 1.29 is 4.74 Å². The molecule has 0 bridgehead atoms. The number of para-hydroxylation sites is 1. The molecular formula is C23H24N4O. The highest BCUT2D eigenvalue weighted by molar-refractivity contribution is 5.76. The molecule has 142 valence electrons. The maximum absolute atomic E-state index is 6.24. The van der Waals surface area contributed by atoms with Gasteiger partial charge in [-0.1, -0.05) is 30.3 Å². The second-order valence-electron chi connectivity index (χ2n) is 7.71. The summed E-state index contributed by atoms with van der Waals surface area (Å²) in [6.45, 7) is 2.36. The molecule has 1 saturated carbocycles. The van der Waals surface area contributed by atoms with Gasteiger partial charge in [-0.2, -0.15) is 0 Å². The van der Waals surface area contributed by atoms with E-state index in [1.807, 2.05) is 54.6 Å². The van der Waals surface area contributed by atoms with Crippen molar-refractivity contribution in [2.24, 2.45) is 17.8 Å². The van der Waals surface area contributed by atoms with Crippen molar-refractivity contribution in [2.45, 2.75) is 12.8 Å². The highest BCUT2D eigenvalue weighted by Gasteiger charge is 2.51. The molecule has 5 heteroatoms. The molecule has 3 N–H and O–H groups in total. The van der Waals surface area contributed by atoms with E-state index in [2.05, 4.69) is 15.3 Å². The van der Waals surface area contributed by atoms with Crippen molar-refractivity contribution in [3.63, 3.8) is 0 Å². The summed E-state index contributed by atoms with van der Waals surface area (Å²) in [4.78, 5) is 8.79. The molecule has 1 aliphatic carbocycles. The van der Waals surface area contributed by atoms with Gasteiger partial charge in [-0.05, 0) is 73.5 Å². The number of piperidine rings is 1. The number of rotatable bonds is 6. The number of hydrogen-bond donors (Lipinski definition) is 2. The Morgan fingerprint density at radius 1 is 0.929 bits per heavy atom. The van der Waals surface area contributed by atoms with E-state index in [0.717, 1.165) is 52.5 Å². The molecule has 3 aromatic rings. The lowest BCUT2D eigenvalue weighted by atomic mass is 10.00. The van der Waals surface area contributed by atoms with Gasteiger partial charge in [-0.15, -0.1) is 0 Å². The molecule has 1 unspecified atom stereocenters. The van der Waals surface area contributed by atoms with Gasteiger partial charge in [0, 0.05) is 5.56 Å². The van der Waals surface area contributed by atoms with Gasteiger partial charge < -0.3 is 15.8 Å². The Kier molecular flexibility index (Phi) is 4.45. The second-order valence-corrected chi connectivity index (χ2v) is 7.71. The molecule has 3 atom stereocenters. The van der Waals surface area contributed by atoms with Crippen molar-refractivity contribution in [1.29, 1.82) is 0 Å². The number of nitrogens with zero attached hydrogens (tertiary/aromatic N) is 2. The van der Waals surface area contributed by atoms with Gasteiger partial charge in [-0.25, -0.2) is 9.97 Å². The summed E-state index contributed by atoms with van der Waals surface area (Å²) >= 11 is 0. The summed E-state index contributed by atoms with van der Waals surface area (Å²) in [7, 11) is 0. The van der Waals surface area contributed by atoms with Gasteiger partial charge in [0.1, 0.15) is 23.6 Å². The lowest BCUT2D eigenvalue weighted by molar-refractivity contribution is 0.483. The first-order chi connectivity index (χ1) is 13.8. The quantitative estimate of drug-likeness (QED) is 0.686. The highest BCUT2D eigenvalue weighted by atomic mass is 16.5. The molecule has 1 aliphatic heterocycles. The van der Waals surface area contributed by atoms with Crippen LogP contribution in [-0.2, 0) is 6.42 Å². The lowest BCUT2D eigenvalue weighted by Crippen LogP contribution is -2.15. The predicted molar refractivity (Wildman–Crippen MR) is 110 cm³/mol. The molecule has 2 aromatic carbocycles. The van der Waals surface area contributed by atoms with Gasteiger partial charge in [0.05, 0.1) is 5.69 Å². The fraction of sp³-hybridized carbons (Fsp3) is 0.304. The third-order valence-electron chi connectivity index (χ3n) is 6.06. The maximum Gasteiger partial charge on any atom is 0.134 e. The Hall–Kier alpha value is -2.92. The van der Waals surface area contributed by atoms with Crippen LogP contribution in [0.2, 0.25) is 0 Å². The van der Waals surface area contributed by atoms with Crippen LogP contribution in [0.1, 0.15) is 12.1 Å². The Morgan fingerprint density at radius 3 is 2.39 bits per heavy atom. The zero-order valence-corrected chi connectivity index (χ0v) is 15.7. The summed E-state index contributed by atoms with van der Waals surface area (Å²) in [5, 5.41) is 3.46. The number of nitrogens with two attached hydrogens (primary N) is 1. The molecule has 0 amide bonds. The van der Waals surface area contributed by atoms with Crippen LogP contribution in [-0.4, -0.2) is 23.1 Å². The first-order valence-corrected chi connectivity index (χ1v) is 9.93. The molecule has 2 fully saturated rings. The summed E-state index contributed by atoms with van der Waals surface area (Å²) in [6, 6.07) is 17.8. The van der Waals surface area contributed by atoms with Gasteiger partial charge in [0.15, 0.2) is 0 Å². The van der Waals surface area contributed by atoms with E-state index >= 15 is 0 Å². The largest absolute Gasteiger partial charge is 0.457 e. The molecule has 5 nitrogen and oxygen atoms in total. The molecule has 5 rings (SSSR count). The van der Waals surface area contributed by atoms with E-state index in [1.54, 1.807) is 6.33 Å². The van der Waals surface area contributed by atoms with E-state index < -0.39 is 0 Å². The summed E-state index contributed by atoms with van der Waals surface area (Å²) in [6.07, 6.45) is 3.70. The van der Waals surface area contributed by atoms with Crippen molar-refractivity contribution in [3.05, 3.63) is 66.6 Å². The standard InChI is InChI=1S/C23H24N4O/c24-23-22(15-6-8-17(9-7-15)28-16-4-2-1-3-5-16)21(26-14-27-23)11-10-18-19-12-25-13-20(18)19/h1-9,14,18-20,25H,10-13H2,(H2,24,26,27)/t18?,19-,20+. The third-order valence-corrected chi connectivity index (χ3v) is 6.06. The zero-order valence-electron chi connectivity index (χ0n) is 15.7. The SMILES string of the molecule is Nc1ncnc(CCC2[C@H]3CNC[C@@H]23)c1-c1ccc(Oc2ccccc2)cc1. The fourth-order valence-electron chi connectivity index (χ4n) is 4.53. The number of nitrogens with one attached hydrogen (secondary N) is 1. The minimum absolute atomic E-state index is 0.541. The van der Waals surface area contributed by atoms with Gasteiger partial charge in [0.25, 0.3) is 0 Å². The highest BCUT2D eigenvalue weighted by Crippen LogP contribution is 2.51. The zero-order chi connectivity index (χ0) is 18.9. The second kappa shape index (κ2) is 7.24.